The number of aromatic nitrogens is 1. The van der Waals surface area contributed by atoms with Gasteiger partial charge in [-0.25, -0.2) is 0 Å². The van der Waals surface area contributed by atoms with Crippen molar-refractivity contribution in [3.63, 3.8) is 0 Å². The zero-order valence-electron chi connectivity index (χ0n) is 9.58. The Kier molecular flexibility index (Phi) is 6.15. The number of amides is 1. The van der Waals surface area contributed by atoms with E-state index in [0.29, 0.717) is 15.7 Å². The van der Waals surface area contributed by atoms with Crippen molar-refractivity contribution in [3.8, 4) is 0 Å². The van der Waals surface area contributed by atoms with E-state index < -0.39 is 0 Å². The van der Waals surface area contributed by atoms with Crippen LogP contribution in [0.5, 0.6) is 0 Å². The highest BCUT2D eigenvalue weighted by Gasteiger charge is 2.22. The van der Waals surface area contributed by atoms with Gasteiger partial charge in [-0.05, 0) is 25.9 Å². The summed E-state index contributed by atoms with van der Waals surface area (Å²) in [4.78, 5) is 15.8. The molecule has 18 heavy (non-hydrogen) atoms. The molecule has 1 aromatic rings. The lowest BCUT2D eigenvalue weighted by Crippen LogP contribution is -2.34. The fourth-order valence-corrected chi connectivity index (χ4v) is 2.30. The zero-order chi connectivity index (χ0) is 12.3. The fourth-order valence-electron chi connectivity index (χ4n) is 1.84. The summed E-state index contributed by atoms with van der Waals surface area (Å²) in [5, 5.41) is 6.71. The summed E-state index contributed by atoms with van der Waals surface area (Å²) in [5.41, 5.74) is 0.451. The first-order chi connectivity index (χ1) is 8.18. The Balaban J connectivity index is 0.00000162. The first kappa shape index (κ1) is 15.5. The van der Waals surface area contributed by atoms with E-state index in [4.69, 9.17) is 23.2 Å². The van der Waals surface area contributed by atoms with Crippen LogP contribution in [0.3, 0.4) is 0 Å². The number of carbonyl (C=O) groups excluding carboxylic acids is 1. The third-order valence-electron chi connectivity index (χ3n) is 2.81. The van der Waals surface area contributed by atoms with Crippen LogP contribution in [-0.2, 0) is 4.79 Å². The second kappa shape index (κ2) is 7.14. The van der Waals surface area contributed by atoms with E-state index in [0.717, 1.165) is 25.9 Å². The van der Waals surface area contributed by atoms with Crippen LogP contribution in [0.25, 0.3) is 0 Å². The molecule has 1 aliphatic rings. The Labute approximate surface area is 122 Å². The maximum absolute atomic E-state index is 12.0. The molecule has 0 aliphatic carbocycles. The van der Waals surface area contributed by atoms with Crippen LogP contribution in [0.2, 0.25) is 10.0 Å². The molecular weight excluding hydrogens is 297 g/mol. The molecule has 7 heteroatoms. The predicted molar refractivity (Wildman–Crippen MR) is 75.7 cm³/mol. The fraction of sp³-hybridized carbons (Fsp3) is 0.455. The molecule has 2 rings (SSSR count). The highest BCUT2D eigenvalue weighted by atomic mass is 35.5. The number of nitrogens with one attached hydrogen (secondary N) is 2. The van der Waals surface area contributed by atoms with Crippen LogP contribution in [0.4, 0.5) is 5.69 Å². The quantitative estimate of drug-likeness (QED) is 0.883. The lowest BCUT2D eigenvalue weighted by atomic mass is 9.97. The Morgan fingerprint density at radius 3 is 2.39 bits per heavy atom. The number of pyridine rings is 1. The zero-order valence-corrected chi connectivity index (χ0v) is 11.9. The summed E-state index contributed by atoms with van der Waals surface area (Å²) in [7, 11) is 0. The summed E-state index contributed by atoms with van der Waals surface area (Å²) in [6, 6.07) is 0. The van der Waals surface area contributed by atoms with Gasteiger partial charge in [-0.3, -0.25) is 9.78 Å². The van der Waals surface area contributed by atoms with Crippen molar-refractivity contribution in [1.29, 1.82) is 0 Å². The second-order valence-corrected chi connectivity index (χ2v) is 4.81. The smallest absolute Gasteiger partial charge is 0.227 e. The number of halogens is 3. The van der Waals surface area contributed by atoms with Gasteiger partial charge in [-0.15, -0.1) is 12.4 Å². The van der Waals surface area contributed by atoms with E-state index in [9.17, 15) is 4.79 Å². The van der Waals surface area contributed by atoms with Gasteiger partial charge in [0.15, 0.2) is 0 Å². The molecule has 2 N–H and O–H groups in total. The standard InChI is InChI=1S/C11H13Cl2N3O.ClH/c12-8-5-15-6-9(13)10(8)16-11(17)7-1-3-14-4-2-7;/h5-7,14H,1-4H2,(H,15,16,17);1H. The van der Waals surface area contributed by atoms with Gasteiger partial charge < -0.3 is 10.6 Å². The van der Waals surface area contributed by atoms with Gasteiger partial charge in [0.2, 0.25) is 5.91 Å². The van der Waals surface area contributed by atoms with Gasteiger partial charge in [-0.2, -0.15) is 0 Å². The van der Waals surface area contributed by atoms with Crippen molar-refractivity contribution in [2.75, 3.05) is 18.4 Å². The molecule has 1 aliphatic heterocycles. The van der Waals surface area contributed by atoms with Crippen molar-refractivity contribution >= 4 is 47.2 Å². The predicted octanol–water partition coefficient (Wildman–Crippen LogP) is 2.75. The molecular formula is C11H14Cl3N3O. The van der Waals surface area contributed by atoms with E-state index in [2.05, 4.69) is 15.6 Å². The molecule has 0 atom stereocenters. The molecule has 0 saturated carbocycles. The number of hydrogen-bond acceptors (Lipinski definition) is 3. The number of piperidine rings is 1. The first-order valence-corrected chi connectivity index (χ1v) is 6.24. The van der Waals surface area contributed by atoms with Gasteiger partial charge in [0.25, 0.3) is 0 Å². The molecule has 0 aromatic carbocycles. The van der Waals surface area contributed by atoms with Crippen molar-refractivity contribution < 1.29 is 4.79 Å². The summed E-state index contributed by atoms with van der Waals surface area (Å²) in [6.45, 7) is 1.74. The molecule has 1 amide bonds. The Morgan fingerprint density at radius 2 is 1.83 bits per heavy atom. The molecule has 1 aromatic heterocycles. The van der Waals surface area contributed by atoms with E-state index >= 15 is 0 Å². The molecule has 1 fully saturated rings. The van der Waals surface area contributed by atoms with Crippen LogP contribution < -0.4 is 10.6 Å². The van der Waals surface area contributed by atoms with Gasteiger partial charge in [0.1, 0.15) is 0 Å². The maximum atomic E-state index is 12.0. The molecule has 1 saturated heterocycles. The van der Waals surface area contributed by atoms with E-state index in [1.165, 1.54) is 12.4 Å². The molecule has 2 heterocycles. The van der Waals surface area contributed by atoms with Crippen molar-refractivity contribution in [2.24, 2.45) is 5.92 Å². The summed E-state index contributed by atoms with van der Waals surface area (Å²) >= 11 is 11.9. The average Bonchev–Trinajstić information content (AvgIpc) is 2.35. The number of nitrogens with zero attached hydrogens (tertiary/aromatic N) is 1. The highest BCUT2D eigenvalue weighted by molar-refractivity contribution is 6.39. The van der Waals surface area contributed by atoms with Crippen molar-refractivity contribution in [3.05, 3.63) is 22.4 Å². The van der Waals surface area contributed by atoms with Crippen LogP contribution in [-0.4, -0.2) is 24.0 Å². The van der Waals surface area contributed by atoms with Gasteiger partial charge in [0.05, 0.1) is 15.7 Å². The Hall–Kier alpha value is -0.550. The van der Waals surface area contributed by atoms with Gasteiger partial charge in [0, 0.05) is 18.3 Å². The third kappa shape index (κ3) is 3.72. The minimum Gasteiger partial charge on any atom is -0.323 e. The topological polar surface area (TPSA) is 54.0 Å². The monoisotopic (exact) mass is 309 g/mol. The minimum atomic E-state index is -0.0264. The first-order valence-electron chi connectivity index (χ1n) is 5.49. The molecule has 0 radical (unpaired) electrons. The van der Waals surface area contributed by atoms with Crippen LogP contribution in [0.15, 0.2) is 12.4 Å². The van der Waals surface area contributed by atoms with Gasteiger partial charge in [-0.1, -0.05) is 23.2 Å². The summed E-state index contributed by atoms with van der Waals surface area (Å²) in [6.07, 6.45) is 4.61. The average molecular weight is 311 g/mol. The van der Waals surface area contributed by atoms with E-state index in [-0.39, 0.29) is 24.2 Å². The molecule has 0 spiro atoms. The number of rotatable bonds is 2. The van der Waals surface area contributed by atoms with E-state index in [1.54, 1.807) is 0 Å². The molecule has 0 bridgehead atoms. The van der Waals surface area contributed by atoms with Crippen LogP contribution in [0, 0.1) is 5.92 Å². The second-order valence-electron chi connectivity index (χ2n) is 3.99. The third-order valence-corrected chi connectivity index (χ3v) is 3.38. The number of hydrogen-bond donors (Lipinski definition) is 2. The summed E-state index contributed by atoms with van der Waals surface area (Å²) < 4.78 is 0. The van der Waals surface area contributed by atoms with E-state index in [1.807, 2.05) is 0 Å². The molecule has 4 nitrogen and oxygen atoms in total. The van der Waals surface area contributed by atoms with Crippen LogP contribution >= 0.6 is 35.6 Å². The molecule has 100 valence electrons. The van der Waals surface area contributed by atoms with Crippen molar-refractivity contribution in [2.45, 2.75) is 12.8 Å². The Morgan fingerprint density at radius 1 is 1.28 bits per heavy atom. The van der Waals surface area contributed by atoms with Crippen molar-refractivity contribution in [1.82, 2.24) is 10.3 Å². The maximum Gasteiger partial charge on any atom is 0.227 e. The Bertz CT molecular complexity index is 402. The number of carbonyl (C=O) groups is 1. The van der Waals surface area contributed by atoms with Crippen LogP contribution in [0.1, 0.15) is 12.8 Å². The number of anilines is 1. The minimum absolute atomic E-state index is 0. The highest BCUT2D eigenvalue weighted by Crippen LogP contribution is 2.29. The summed E-state index contributed by atoms with van der Waals surface area (Å²) in [5.74, 6) is -0.00181. The SMILES string of the molecule is Cl.O=C(Nc1c(Cl)cncc1Cl)C1CCNCC1. The normalized spacial score (nSPS) is 15.9. The molecule has 0 unspecified atom stereocenters. The lowest BCUT2D eigenvalue weighted by molar-refractivity contribution is -0.120. The van der Waals surface area contributed by atoms with Gasteiger partial charge >= 0.3 is 0 Å². The lowest BCUT2D eigenvalue weighted by Gasteiger charge is -2.22. The largest absolute Gasteiger partial charge is 0.323 e.